The first kappa shape index (κ1) is 10.9. The highest BCUT2D eigenvalue weighted by Gasteiger charge is 2.32. The zero-order chi connectivity index (χ0) is 10.8. The Morgan fingerprint density at radius 3 is 2.80 bits per heavy atom. The van der Waals surface area contributed by atoms with Gasteiger partial charge in [-0.3, -0.25) is 4.79 Å². The van der Waals surface area contributed by atoms with Crippen molar-refractivity contribution in [3.8, 4) is 0 Å². The predicted octanol–water partition coefficient (Wildman–Crippen LogP) is 0.328. The molecule has 0 unspecified atom stereocenters. The molecule has 2 aliphatic rings. The quantitative estimate of drug-likeness (QED) is 0.628. The van der Waals surface area contributed by atoms with Crippen LogP contribution in [0.15, 0.2) is 0 Å². The Bertz CT molecular complexity index is 239. The van der Waals surface area contributed by atoms with Gasteiger partial charge in [-0.2, -0.15) is 0 Å². The minimum atomic E-state index is -0.157. The van der Waals surface area contributed by atoms with Gasteiger partial charge in [0.15, 0.2) is 0 Å². The summed E-state index contributed by atoms with van der Waals surface area (Å²) in [4.78, 5) is 16.3. The van der Waals surface area contributed by atoms with Crippen LogP contribution in [0.3, 0.4) is 0 Å². The largest absolute Gasteiger partial charge is 0.368 e. The van der Waals surface area contributed by atoms with Crippen LogP contribution >= 0.6 is 0 Å². The Hall–Kier alpha value is -0.610. The lowest BCUT2D eigenvalue weighted by Gasteiger charge is -2.39. The van der Waals surface area contributed by atoms with Crippen LogP contribution in [-0.4, -0.2) is 61.1 Å². The number of hydrogen-bond acceptors (Lipinski definition) is 3. The summed E-state index contributed by atoms with van der Waals surface area (Å²) in [5.41, 5.74) is 0. The van der Waals surface area contributed by atoms with E-state index in [2.05, 4.69) is 18.9 Å². The average molecular weight is 212 g/mol. The van der Waals surface area contributed by atoms with Gasteiger partial charge in [0.2, 0.25) is 0 Å². The van der Waals surface area contributed by atoms with E-state index < -0.39 is 0 Å². The van der Waals surface area contributed by atoms with Crippen molar-refractivity contribution in [1.82, 2.24) is 9.80 Å². The molecule has 2 saturated heterocycles. The van der Waals surface area contributed by atoms with E-state index in [-0.39, 0.29) is 12.0 Å². The van der Waals surface area contributed by atoms with Crippen molar-refractivity contribution in [2.75, 3.05) is 33.3 Å². The third-order valence-corrected chi connectivity index (χ3v) is 3.32. The molecule has 2 atom stereocenters. The number of rotatable bonds is 1. The summed E-state index contributed by atoms with van der Waals surface area (Å²) in [6.45, 7) is 5.65. The van der Waals surface area contributed by atoms with E-state index in [0.717, 1.165) is 39.1 Å². The second kappa shape index (κ2) is 4.49. The average Bonchev–Trinajstić information content (AvgIpc) is 2.69. The van der Waals surface area contributed by atoms with Crippen molar-refractivity contribution in [3.63, 3.8) is 0 Å². The van der Waals surface area contributed by atoms with E-state index in [1.165, 1.54) is 0 Å². The normalized spacial score (nSPS) is 33.3. The number of carbonyl (C=O) groups is 1. The van der Waals surface area contributed by atoms with Gasteiger partial charge < -0.3 is 14.5 Å². The van der Waals surface area contributed by atoms with Crippen LogP contribution < -0.4 is 0 Å². The standard InChI is InChI=1S/C11H20N2O2/c1-9-8-12(2)5-6-13(9)11(14)10-4-3-7-15-10/h9-10H,3-8H2,1-2H3/t9-,10+/m1/s1. The van der Waals surface area contributed by atoms with Gasteiger partial charge in [0.1, 0.15) is 6.10 Å². The van der Waals surface area contributed by atoms with Crippen LogP contribution in [0.25, 0.3) is 0 Å². The lowest BCUT2D eigenvalue weighted by atomic mass is 10.1. The third kappa shape index (κ3) is 2.32. The second-order valence-electron chi connectivity index (χ2n) is 4.64. The molecule has 2 heterocycles. The van der Waals surface area contributed by atoms with Crippen molar-refractivity contribution in [1.29, 1.82) is 0 Å². The number of likely N-dealkylation sites (N-methyl/N-ethyl adjacent to an activating group) is 1. The van der Waals surface area contributed by atoms with Gasteiger partial charge in [-0.25, -0.2) is 0 Å². The summed E-state index contributed by atoms with van der Waals surface area (Å²) < 4.78 is 5.44. The van der Waals surface area contributed by atoms with Crippen LogP contribution in [0.1, 0.15) is 19.8 Å². The zero-order valence-electron chi connectivity index (χ0n) is 9.61. The van der Waals surface area contributed by atoms with Gasteiger partial charge in [-0.1, -0.05) is 0 Å². The van der Waals surface area contributed by atoms with E-state index in [9.17, 15) is 4.79 Å². The first-order valence-corrected chi connectivity index (χ1v) is 5.79. The fourth-order valence-electron chi connectivity index (χ4n) is 2.42. The van der Waals surface area contributed by atoms with Crippen molar-refractivity contribution >= 4 is 5.91 Å². The van der Waals surface area contributed by atoms with E-state index in [0.29, 0.717) is 6.04 Å². The highest BCUT2D eigenvalue weighted by Crippen LogP contribution is 2.17. The van der Waals surface area contributed by atoms with Crippen LogP contribution in [0.4, 0.5) is 0 Å². The van der Waals surface area contributed by atoms with Crippen LogP contribution in [0.5, 0.6) is 0 Å². The molecule has 86 valence electrons. The molecule has 0 aromatic rings. The van der Waals surface area contributed by atoms with Gasteiger partial charge in [-0.05, 0) is 26.8 Å². The first-order valence-electron chi connectivity index (χ1n) is 5.79. The Balaban J connectivity index is 1.94. The molecule has 0 saturated carbocycles. The highest BCUT2D eigenvalue weighted by molar-refractivity contribution is 5.81. The van der Waals surface area contributed by atoms with E-state index >= 15 is 0 Å². The van der Waals surface area contributed by atoms with Crippen molar-refractivity contribution in [2.45, 2.75) is 31.9 Å². The minimum Gasteiger partial charge on any atom is -0.368 e. The van der Waals surface area contributed by atoms with Gasteiger partial charge in [0.25, 0.3) is 5.91 Å². The van der Waals surface area contributed by atoms with Crippen molar-refractivity contribution < 1.29 is 9.53 Å². The van der Waals surface area contributed by atoms with E-state index in [1.807, 2.05) is 4.90 Å². The molecule has 15 heavy (non-hydrogen) atoms. The Morgan fingerprint density at radius 1 is 1.40 bits per heavy atom. The molecule has 2 rings (SSSR count). The smallest absolute Gasteiger partial charge is 0.252 e. The molecule has 4 heteroatoms. The fraction of sp³-hybridized carbons (Fsp3) is 0.909. The van der Waals surface area contributed by atoms with Crippen LogP contribution in [0, 0.1) is 0 Å². The maximum absolute atomic E-state index is 12.1. The molecule has 0 aliphatic carbocycles. The van der Waals surface area contributed by atoms with Crippen LogP contribution in [0.2, 0.25) is 0 Å². The minimum absolute atomic E-state index is 0.157. The van der Waals surface area contributed by atoms with Gasteiger partial charge in [0.05, 0.1) is 0 Å². The van der Waals surface area contributed by atoms with Gasteiger partial charge in [-0.15, -0.1) is 0 Å². The van der Waals surface area contributed by atoms with Gasteiger partial charge >= 0.3 is 0 Å². The molecule has 0 radical (unpaired) electrons. The van der Waals surface area contributed by atoms with E-state index in [1.54, 1.807) is 0 Å². The SMILES string of the molecule is C[C@@H]1CN(C)CCN1C(=O)[C@@H]1CCCO1. The molecule has 1 amide bonds. The van der Waals surface area contributed by atoms with Crippen molar-refractivity contribution in [3.05, 3.63) is 0 Å². The van der Waals surface area contributed by atoms with E-state index in [4.69, 9.17) is 4.74 Å². The maximum atomic E-state index is 12.1. The number of hydrogen-bond donors (Lipinski definition) is 0. The Labute approximate surface area is 91.2 Å². The summed E-state index contributed by atoms with van der Waals surface area (Å²) in [6, 6.07) is 0.320. The predicted molar refractivity (Wildman–Crippen MR) is 57.6 cm³/mol. The molecule has 0 aromatic heterocycles. The fourth-order valence-corrected chi connectivity index (χ4v) is 2.42. The Kier molecular flexibility index (Phi) is 3.26. The van der Waals surface area contributed by atoms with Crippen LogP contribution in [-0.2, 0) is 9.53 Å². The third-order valence-electron chi connectivity index (χ3n) is 3.32. The lowest BCUT2D eigenvalue weighted by Crippen LogP contribution is -2.55. The Morgan fingerprint density at radius 2 is 2.20 bits per heavy atom. The molecule has 0 spiro atoms. The lowest BCUT2D eigenvalue weighted by molar-refractivity contribution is -0.145. The molecule has 2 aliphatic heterocycles. The molecular formula is C11H20N2O2. The summed E-state index contributed by atoms with van der Waals surface area (Å²) in [5, 5.41) is 0. The number of ether oxygens (including phenoxy) is 1. The highest BCUT2D eigenvalue weighted by atomic mass is 16.5. The molecular weight excluding hydrogens is 192 g/mol. The molecule has 0 N–H and O–H groups in total. The number of nitrogens with zero attached hydrogens (tertiary/aromatic N) is 2. The summed E-state index contributed by atoms with van der Waals surface area (Å²) in [6.07, 6.45) is 1.77. The summed E-state index contributed by atoms with van der Waals surface area (Å²) in [5.74, 6) is 0.202. The van der Waals surface area contributed by atoms with Crippen molar-refractivity contribution in [2.24, 2.45) is 0 Å². The second-order valence-corrected chi connectivity index (χ2v) is 4.64. The molecule has 4 nitrogen and oxygen atoms in total. The monoisotopic (exact) mass is 212 g/mol. The zero-order valence-corrected chi connectivity index (χ0v) is 9.61. The number of piperazine rings is 1. The number of carbonyl (C=O) groups excluding carboxylic acids is 1. The van der Waals surface area contributed by atoms with Gasteiger partial charge in [0, 0.05) is 32.3 Å². The first-order chi connectivity index (χ1) is 7.18. The number of amides is 1. The summed E-state index contributed by atoms with van der Waals surface area (Å²) in [7, 11) is 2.10. The molecule has 2 fully saturated rings. The maximum Gasteiger partial charge on any atom is 0.252 e. The molecule has 0 aromatic carbocycles. The molecule has 0 bridgehead atoms. The summed E-state index contributed by atoms with van der Waals surface area (Å²) >= 11 is 0. The topological polar surface area (TPSA) is 32.8 Å².